The Hall–Kier alpha value is -4.00. The molecule has 0 saturated carbocycles. The minimum atomic E-state index is -0.158. The van der Waals surface area contributed by atoms with Crippen molar-refractivity contribution >= 4 is 11.6 Å². The highest BCUT2D eigenvalue weighted by atomic mass is 16.5. The first-order chi connectivity index (χ1) is 13.7. The number of ether oxygens (including phenoxy) is 1. The molecule has 4 rings (SSSR count). The van der Waals surface area contributed by atoms with Crippen molar-refractivity contribution < 1.29 is 9.53 Å². The summed E-state index contributed by atoms with van der Waals surface area (Å²) < 4.78 is 7.45. The van der Waals surface area contributed by atoms with Crippen LogP contribution in [-0.4, -0.2) is 25.7 Å². The third kappa shape index (κ3) is 4.04. The van der Waals surface area contributed by atoms with Crippen LogP contribution in [0.5, 0.6) is 11.6 Å². The Labute approximate surface area is 161 Å². The summed E-state index contributed by atoms with van der Waals surface area (Å²) in [7, 11) is 0. The van der Waals surface area contributed by atoms with Crippen LogP contribution >= 0.6 is 0 Å². The van der Waals surface area contributed by atoms with E-state index < -0.39 is 0 Å². The molecule has 7 nitrogen and oxygen atoms in total. The number of nitrogens with one attached hydrogen (secondary N) is 1. The fourth-order valence-electron chi connectivity index (χ4n) is 2.54. The van der Waals surface area contributed by atoms with Crippen molar-refractivity contribution in [1.29, 1.82) is 0 Å². The summed E-state index contributed by atoms with van der Waals surface area (Å²) in [5.41, 5.74) is 2.40. The second-order valence-electron chi connectivity index (χ2n) is 6.15. The van der Waals surface area contributed by atoms with Gasteiger partial charge >= 0.3 is 0 Å². The van der Waals surface area contributed by atoms with E-state index in [9.17, 15) is 4.79 Å². The lowest BCUT2D eigenvalue weighted by Gasteiger charge is -2.08. The van der Waals surface area contributed by atoms with Crippen LogP contribution in [0.3, 0.4) is 0 Å². The molecule has 1 amide bonds. The van der Waals surface area contributed by atoms with Crippen LogP contribution in [0, 0.1) is 6.92 Å². The van der Waals surface area contributed by atoms with Crippen molar-refractivity contribution in [3.05, 3.63) is 90.5 Å². The van der Waals surface area contributed by atoms with E-state index in [0.29, 0.717) is 28.7 Å². The fraction of sp³-hybridized carbons (Fsp3) is 0.0476. The van der Waals surface area contributed by atoms with Crippen molar-refractivity contribution in [2.75, 3.05) is 5.32 Å². The standard InChI is InChI=1S/C21H17N5O2/c1-15-2-4-16(5-3-15)21(27)23-17-6-8-18(9-7-17)28-20-11-10-19(24-25-20)26-13-12-22-14-26/h2-14H,1H3,(H,23,27). The number of hydrogen-bond donors (Lipinski definition) is 1. The third-order valence-corrected chi connectivity index (χ3v) is 4.04. The predicted molar refractivity (Wildman–Crippen MR) is 105 cm³/mol. The van der Waals surface area contributed by atoms with Gasteiger partial charge in [-0.1, -0.05) is 17.7 Å². The Morgan fingerprint density at radius 1 is 0.964 bits per heavy atom. The molecule has 0 fully saturated rings. The molecular weight excluding hydrogens is 354 g/mol. The van der Waals surface area contributed by atoms with Gasteiger partial charge < -0.3 is 10.1 Å². The van der Waals surface area contributed by atoms with Gasteiger partial charge in [0.05, 0.1) is 0 Å². The van der Waals surface area contributed by atoms with E-state index in [2.05, 4.69) is 20.5 Å². The zero-order chi connectivity index (χ0) is 19.3. The quantitative estimate of drug-likeness (QED) is 0.573. The fourth-order valence-corrected chi connectivity index (χ4v) is 2.54. The Balaban J connectivity index is 1.39. The number of rotatable bonds is 5. The second-order valence-corrected chi connectivity index (χ2v) is 6.15. The minimum Gasteiger partial charge on any atom is -0.438 e. The lowest BCUT2D eigenvalue weighted by molar-refractivity contribution is 0.102. The highest BCUT2D eigenvalue weighted by Crippen LogP contribution is 2.22. The van der Waals surface area contributed by atoms with Gasteiger partial charge in [-0.3, -0.25) is 9.36 Å². The average molecular weight is 371 g/mol. The first kappa shape index (κ1) is 17.4. The summed E-state index contributed by atoms with van der Waals surface area (Å²) in [6, 6.07) is 18.0. The lowest BCUT2D eigenvalue weighted by Crippen LogP contribution is -2.11. The number of aromatic nitrogens is 4. The maximum absolute atomic E-state index is 12.3. The minimum absolute atomic E-state index is 0.158. The number of carbonyl (C=O) groups excluding carboxylic acids is 1. The normalized spacial score (nSPS) is 10.5. The van der Waals surface area contributed by atoms with E-state index in [1.165, 1.54) is 0 Å². The van der Waals surface area contributed by atoms with Crippen molar-refractivity contribution in [2.45, 2.75) is 6.92 Å². The number of benzene rings is 2. The number of hydrogen-bond acceptors (Lipinski definition) is 5. The van der Waals surface area contributed by atoms with Crippen molar-refractivity contribution in [3.8, 4) is 17.4 Å². The monoisotopic (exact) mass is 371 g/mol. The Bertz CT molecular complexity index is 1060. The number of imidazole rings is 1. The van der Waals surface area contributed by atoms with Crippen molar-refractivity contribution in [2.24, 2.45) is 0 Å². The zero-order valence-corrected chi connectivity index (χ0v) is 15.1. The summed E-state index contributed by atoms with van der Waals surface area (Å²) >= 11 is 0. The number of aryl methyl sites for hydroxylation is 1. The van der Waals surface area contributed by atoms with Gasteiger partial charge in [0.15, 0.2) is 5.82 Å². The molecule has 2 aromatic heterocycles. The van der Waals surface area contributed by atoms with Crippen molar-refractivity contribution in [3.63, 3.8) is 0 Å². The molecule has 0 aliphatic heterocycles. The molecule has 0 saturated heterocycles. The van der Waals surface area contributed by atoms with Crippen LogP contribution in [0.2, 0.25) is 0 Å². The van der Waals surface area contributed by atoms with E-state index in [1.54, 1.807) is 71.8 Å². The van der Waals surface area contributed by atoms with Crippen molar-refractivity contribution in [1.82, 2.24) is 19.7 Å². The van der Waals surface area contributed by atoms with Gasteiger partial charge in [-0.25, -0.2) is 4.98 Å². The number of anilines is 1. The number of amides is 1. The summed E-state index contributed by atoms with van der Waals surface area (Å²) in [4.78, 5) is 16.2. The Kier molecular flexibility index (Phi) is 4.79. The molecule has 1 N–H and O–H groups in total. The van der Waals surface area contributed by atoms with Crippen LogP contribution in [-0.2, 0) is 0 Å². The average Bonchev–Trinajstić information content (AvgIpc) is 3.25. The molecule has 0 aliphatic carbocycles. The molecule has 138 valence electrons. The van der Waals surface area contributed by atoms with Gasteiger partial charge in [0, 0.05) is 29.7 Å². The van der Waals surface area contributed by atoms with Gasteiger partial charge in [0.2, 0.25) is 5.88 Å². The van der Waals surface area contributed by atoms with Crippen LogP contribution in [0.4, 0.5) is 5.69 Å². The van der Waals surface area contributed by atoms with Crippen LogP contribution in [0.25, 0.3) is 5.82 Å². The third-order valence-electron chi connectivity index (χ3n) is 4.04. The molecule has 0 aliphatic rings. The van der Waals surface area contributed by atoms with Crippen LogP contribution in [0.1, 0.15) is 15.9 Å². The SMILES string of the molecule is Cc1ccc(C(=O)Nc2ccc(Oc3ccc(-n4ccnc4)nn3)cc2)cc1. The molecule has 0 spiro atoms. The first-order valence-corrected chi connectivity index (χ1v) is 8.65. The van der Waals surface area contributed by atoms with E-state index in [0.717, 1.165) is 5.56 Å². The first-order valence-electron chi connectivity index (χ1n) is 8.65. The number of nitrogens with zero attached hydrogens (tertiary/aromatic N) is 4. The lowest BCUT2D eigenvalue weighted by atomic mass is 10.1. The molecule has 0 bridgehead atoms. The number of carbonyl (C=O) groups is 1. The molecule has 4 aromatic rings. The summed E-state index contributed by atoms with van der Waals surface area (Å²) in [6.07, 6.45) is 5.10. The van der Waals surface area contributed by atoms with E-state index >= 15 is 0 Å². The molecule has 0 atom stereocenters. The van der Waals surface area contributed by atoms with Crippen LogP contribution < -0.4 is 10.1 Å². The molecule has 2 heterocycles. The van der Waals surface area contributed by atoms with E-state index in [4.69, 9.17) is 4.74 Å². The van der Waals surface area contributed by atoms with Gasteiger partial charge in [-0.2, -0.15) is 0 Å². The topological polar surface area (TPSA) is 81.9 Å². The zero-order valence-electron chi connectivity index (χ0n) is 15.1. The van der Waals surface area contributed by atoms with Gasteiger partial charge in [0.1, 0.15) is 12.1 Å². The molecule has 28 heavy (non-hydrogen) atoms. The largest absolute Gasteiger partial charge is 0.438 e. The van der Waals surface area contributed by atoms with Gasteiger partial charge in [-0.15, -0.1) is 10.2 Å². The highest BCUT2D eigenvalue weighted by Gasteiger charge is 2.07. The summed E-state index contributed by atoms with van der Waals surface area (Å²) in [6.45, 7) is 1.98. The summed E-state index contributed by atoms with van der Waals surface area (Å²) in [5, 5.41) is 11.0. The smallest absolute Gasteiger partial charge is 0.255 e. The molecule has 7 heteroatoms. The molecular formula is C21H17N5O2. The summed E-state index contributed by atoms with van der Waals surface area (Å²) in [5.74, 6) is 1.46. The van der Waals surface area contributed by atoms with E-state index in [-0.39, 0.29) is 5.91 Å². The second kappa shape index (κ2) is 7.71. The molecule has 0 unspecified atom stereocenters. The highest BCUT2D eigenvalue weighted by molar-refractivity contribution is 6.04. The maximum Gasteiger partial charge on any atom is 0.255 e. The van der Waals surface area contributed by atoms with Crippen LogP contribution in [0.15, 0.2) is 79.4 Å². The molecule has 2 aromatic carbocycles. The predicted octanol–water partition coefficient (Wildman–Crippen LogP) is 4.02. The van der Waals surface area contributed by atoms with Gasteiger partial charge in [-0.05, 0) is 49.4 Å². The Morgan fingerprint density at radius 2 is 1.75 bits per heavy atom. The van der Waals surface area contributed by atoms with E-state index in [1.807, 2.05) is 19.1 Å². The Morgan fingerprint density at radius 3 is 2.39 bits per heavy atom. The van der Waals surface area contributed by atoms with Gasteiger partial charge in [0.25, 0.3) is 5.91 Å². The maximum atomic E-state index is 12.3. The molecule has 0 radical (unpaired) electrons.